The zero-order valence-electron chi connectivity index (χ0n) is 13.9. The van der Waals surface area contributed by atoms with Crippen molar-refractivity contribution in [2.45, 2.75) is 45.3 Å². The lowest BCUT2D eigenvalue weighted by atomic mass is 9.77. The molecule has 122 valence electrons. The summed E-state index contributed by atoms with van der Waals surface area (Å²) in [5.74, 6) is -0.422. The Labute approximate surface area is 136 Å². The van der Waals surface area contributed by atoms with Gasteiger partial charge in [0.15, 0.2) is 0 Å². The van der Waals surface area contributed by atoms with Gasteiger partial charge in [-0.05, 0) is 50.9 Å². The summed E-state index contributed by atoms with van der Waals surface area (Å²) in [7, 11) is -0.732. The fraction of sp³-hybridized carbons (Fsp3) is 0.471. The lowest BCUT2D eigenvalue weighted by Crippen LogP contribution is -2.41. The van der Waals surface area contributed by atoms with Crippen LogP contribution in [0.15, 0.2) is 23.7 Å². The highest BCUT2D eigenvalue weighted by molar-refractivity contribution is 6.55. The summed E-state index contributed by atoms with van der Waals surface area (Å²) in [5.41, 5.74) is 0.389. The van der Waals surface area contributed by atoms with Crippen LogP contribution in [-0.2, 0) is 15.7 Å². The zero-order valence-corrected chi connectivity index (χ0v) is 13.9. The maximum atomic E-state index is 14.0. The molecule has 1 saturated heterocycles. The number of aliphatic hydroxyl groups is 1. The number of aliphatic hydroxyl groups excluding tert-OH is 1. The second-order valence-electron chi connectivity index (χ2n) is 6.66. The van der Waals surface area contributed by atoms with Gasteiger partial charge in [0.1, 0.15) is 5.82 Å². The molecule has 6 heteroatoms. The quantitative estimate of drug-likeness (QED) is 0.867. The normalized spacial score (nSPS) is 19.7. The van der Waals surface area contributed by atoms with E-state index in [0.717, 1.165) is 0 Å². The fourth-order valence-electron chi connectivity index (χ4n) is 2.29. The van der Waals surface area contributed by atoms with Gasteiger partial charge in [-0.2, -0.15) is 5.26 Å². The Morgan fingerprint density at radius 3 is 2.43 bits per heavy atom. The van der Waals surface area contributed by atoms with E-state index in [1.807, 2.05) is 33.8 Å². The van der Waals surface area contributed by atoms with Crippen LogP contribution in [0.1, 0.15) is 38.8 Å². The molecule has 0 aromatic heterocycles. The molecule has 4 nitrogen and oxygen atoms in total. The second-order valence-corrected chi connectivity index (χ2v) is 6.66. The first-order valence-electron chi connectivity index (χ1n) is 7.52. The van der Waals surface area contributed by atoms with Gasteiger partial charge < -0.3 is 14.4 Å². The predicted octanol–water partition coefficient (Wildman–Crippen LogP) is 2.90. The van der Waals surface area contributed by atoms with E-state index < -0.39 is 24.1 Å². The Morgan fingerprint density at radius 2 is 1.91 bits per heavy atom. The molecule has 1 aliphatic heterocycles. The van der Waals surface area contributed by atoms with Gasteiger partial charge in [-0.3, -0.25) is 0 Å². The molecule has 1 aromatic rings. The summed E-state index contributed by atoms with van der Waals surface area (Å²) in [6.45, 7) is 7.34. The maximum Gasteiger partial charge on any atom is 0.492 e. The zero-order chi connectivity index (χ0) is 17.3. The van der Waals surface area contributed by atoms with E-state index in [2.05, 4.69) is 0 Å². The van der Waals surface area contributed by atoms with Crippen molar-refractivity contribution in [3.8, 4) is 6.07 Å². The van der Waals surface area contributed by atoms with Crippen molar-refractivity contribution in [2.75, 3.05) is 6.61 Å². The average Bonchev–Trinajstić information content (AvgIpc) is 2.68. The van der Waals surface area contributed by atoms with Crippen molar-refractivity contribution in [1.29, 1.82) is 5.26 Å². The molecular weight excluding hydrogens is 296 g/mol. The highest BCUT2D eigenvalue weighted by atomic mass is 19.1. The van der Waals surface area contributed by atoms with Crippen LogP contribution in [0.25, 0.3) is 6.08 Å². The van der Waals surface area contributed by atoms with Gasteiger partial charge in [0.2, 0.25) is 0 Å². The molecule has 0 unspecified atom stereocenters. The number of benzene rings is 1. The molecule has 0 radical (unpaired) electrons. The molecule has 0 atom stereocenters. The first kappa shape index (κ1) is 17.7. The fourth-order valence-corrected chi connectivity index (χ4v) is 2.29. The Bertz CT molecular complexity index is 648. The van der Waals surface area contributed by atoms with E-state index in [9.17, 15) is 9.50 Å². The molecule has 1 fully saturated rings. The summed E-state index contributed by atoms with van der Waals surface area (Å²) >= 11 is 0. The summed E-state index contributed by atoms with van der Waals surface area (Å²) in [6.07, 6.45) is 1.73. The SMILES string of the molecule is CC1(C)OB(C(=Cc2cc(CC#N)ccc2F)CO)OC1(C)C. The number of hydrogen-bond donors (Lipinski definition) is 1. The van der Waals surface area contributed by atoms with Crippen LogP contribution in [0.4, 0.5) is 4.39 Å². The highest BCUT2D eigenvalue weighted by Gasteiger charge is 2.52. The van der Waals surface area contributed by atoms with Crippen LogP contribution in [0.2, 0.25) is 0 Å². The van der Waals surface area contributed by atoms with E-state index in [-0.39, 0.29) is 13.0 Å². The summed E-state index contributed by atoms with van der Waals surface area (Å²) in [4.78, 5) is 0. The van der Waals surface area contributed by atoms with Crippen LogP contribution in [0.3, 0.4) is 0 Å². The molecule has 0 amide bonds. The Kier molecular flexibility index (Phi) is 4.95. The highest BCUT2D eigenvalue weighted by Crippen LogP contribution is 2.38. The third-order valence-corrected chi connectivity index (χ3v) is 4.42. The molecule has 0 spiro atoms. The van der Waals surface area contributed by atoms with Crippen LogP contribution in [0.5, 0.6) is 0 Å². The van der Waals surface area contributed by atoms with Crippen LogP contribution in [-0.4, -0.2) is 30.0 Å². The van der Waals surface area contributed by atoms with E-state index in [1.165, 1.54) is 12.1 Å². The minimum absolute atomic E-state index is 0.200. The van der Waals surface area contributed by atoms with Gasteiger partial charge in [0.05, 0.1) is 30.3 Å². The summed E-state index contributed by atoms with van der Waals surface area (Å²) in [5, 5.41) is 18.4. The molecule has 0 bridgehead atoms. The summed E-state index contributed by atoms with van der Waals surface area (Å²) in [6, 6.07) is 6.52. The van der Waals surface area contributed by atoms with Gasteiger partial charge >= 0.3 is 7.12 Å². The van der Waals surface area contributed by atoms with Crippen molar-refractivity contribution in [1.82, 2.24) is 0 Å². The molecule has 1 aromatic carbocycles. The third kappa shape index (κ3) is 3.64. The monoisotopic (exact) mass is 317 g/mol. The van der Waals surface area contributed by atoms with Gasteiger partial charge in [0, 0.05) is 5.56 Å². The lowest BCUT2D eigenvalue weighted by molar-refractivity contribution is 0.00578. The Morgan fingerprint density at radius 1 is 1.30 bits per heavy atom. The molecule has 0 saturated carbocycles. The summed E-state index contributed by atoms with van der Waals surface area (Å²) < 4.78 is 25.8. The average molecular weight is 317 g/mol. The van der Waals surface area contributed by atoms with E-state index in [4.69, 9.17) is 14.6 Å². The number of nitriles is 1. The maximum absolute atomic E-state index is 14.0. The lowest BCUT2D eigenvalue weighted by Gasteiger charge is -2.32. The van der Waals surface area contributed by atoms with Crippen molar-refractivity contribution in [3.05, 3.63) is 40.6 Å². The molecule has 23 heavy (non-hydrogen) atoms. The number of nitrogens with zero attached hydrogens (tertiary/aromatic N) is 1. The minimum atomic E-state index is -0.732. The first-order chi connectivity index (χ1) is 10.7. The molecule has 1 aliphatic rings. The van der Waals surface area contributed by atoms with E-state index in [1.54, 1.807) is 12.1 Å². The second kappa shape index (κ2) is 6.44. The minimum Gasteiger partial charge on any atom is -0.400 e. The Hall–Kier alpha value is -1.68. The molecule has 1 N–H and O–H groups in total. The van der Waals surface area contributed by atoms with Gasteiger partial charge in [0.25, 0.3) is 0 Å². The van der Waals surface area contributed by atoms with Crippen LogP contribution >= 0.6 is 0 Å². The van der Waals surface area contributed by atoms with Crippen molar-refractivity contribution in [2.24, 2.45) is 0 Å². The number of rotatable bonds is 4. The van der Waals surface area contributed by atoms with Crippen molar-refractivity contribution < 1.29 is 18.8 Å². The van der Waals surface area contributed by atoms with Gasteiger partial charge in [-0.1, -0.05) is 12.1 Å². The number of halogens is 1. The first-order valence-corrected chi connectivity index (χ1v) is 7.52. The van der Waals surface area contributed by atoms with Crippen LogP contribution in [0, 0.1) is 17.1 Å². The molecule has 2 rings (SSSR count). The molecule has 0 aliphatic carbocycles. The standard InChI is InChI=1S/C17H21BFNO3/c1-16(2)17(3,4)23-18(22-16)14(11-21)10-13-9-12(7-8-20)5-6-15(13)19/h5-6,9-10,21H,7,11H2,1-4H3. The topological polar surface area (TPSA) is 62.5 Å². The largest absolute Gasteiger partial charge is 0.492 e. The third-order valence-electron chi connectivity index (χ3n) is 4.42. The predicted molar refractivity (Wildman–Crippen MR) is 86.9 cm³/mol. The van der Waals surface area contributed by atoms with Gasteiger partial charge in [-0.15, -0.1) is 0 Å². The van der Waals surface area contributed by atoms with E-state index >= 15 is 0 Å². The van der Waals surface area contributed by atoms with Crippen molar-refractivity contribution >= 4 is 13.2 Å². The molecular formula is C17H21BFNO3. The molecule has 1 heterocycles. The van der Waals surface area contributed by atoms with E-state index in [0.29, 0.717) is 16.6 Å². The van der Waals surface area contributed by atoms with Crippen molar-refractivity contribution in [3.63, 3.8) is 0 Å². The van der Waals surface area contributed by atoms with Gasteiger partial charge in [-0.25, -0.2) is 4.39 Å². The Balaban J connectivity index is 2.34. The van der Waals surface area contributed by atoms with Crippen LogP contribution < -0.4 is 0 Å². The smallest absolute Gasteiger partial charge is 0.400 e. The number of hydrogen-bond acceptors (Lipinski definition) is 4.